The Hall–Kier alpha value is -3.22. The third kappa shape index (κ3) is 4.31. The average molecular weight is 369 g/mol. The molecule has 0 spiro atoms. The number of rotatable bonds is 4. The first kappa shape index (κ1) is 18.6. The summed E-state index contributed by atoms with van der Waals surface area (Å²) < 4.78 is 13.0. The Morgan fingerprint density at radius 3 is 2.26 bits per heavy atom. The van der Waals surface area contributed by atoms with E-state index >= 15 is 0 Å². The highest BCUT2D eigenvalue weighted by molar-refractivity contribution is 6.03. The van der Waals surface area contributed by atoms with Gasteiger partial charge >= 0.3 is 0 Å². The molecule has 27 heavy (non-hydrogen) atoms. The van der Waals surface area contributed by atoms with Crippen molar-refractivity contribution in [1.82, 2.24) is 4.90 Å². The number of nitrogens with one attached hydrogen (secondary N) is 1. The number of anilines is 1. The van der Waals surface area contributed by atoms with E-state index in [9.17, 15) is 18.8 Å². The van der Waals surface area contributed by atoms with Gasteiger partial charge < -0.3 is 16.0 Å². The minimum atomic E-state index is -0.606. The van der Waals surface area contributed by atoms with Crippen molar-refractivity contribution in [1.29, 1.82) is 0 Å². The smallest absolute Gasteiger partial charge is 0.253 e. The Labute approximate surface area is 156 Å². The van der Waals surface area contributed by atoms with Gasteiger partial charge in [0.25, 0.3) is 11.8 Å². The van der Waals surface area contributed by atoms with Crippen molar-refractivity contribution in [3.8, 4) is 0 Å². The van der Waals surface area contributed by atoms with Crippen molar-refractivity contribution in [3.05, 3.63) is 65.5 Å². The van der Waals surface area contributed by atoms with Gasteiger partial charge in [0.15, 0.2) is 0 Å². The van der Waals surface area contributed by atoms with Gasteiger partial charge in [-0.3, -0.25) is 14.4 Å². The van der Waals surface area contributed by atoms with Crippen LogP contribution in [0.2, 0.25) is 0 Å². The molecular formula is C20H20FN3O3. The molecule has 7 heteroatoms. The molecule has 1 heterocycles. The molecule has 1 fully saturated rings. The molecule has 3 amide bonds. The number of hydrogen-bond donors (Lipinski definition) is 2. The zero-order valence-electron chi connectivity index (χ0n) is 14.7. The number of carbonyl (C=O) groups is 3. The van der Waals surface area contributed by atoms with E-state index in [-0.39, 0.29) is 23.3 Å². The van der Waals surface area contributed by atoms with E-state index in [0.29, 0.717) is 37.2 Å². The summed E-state index contributed by atoms with van der Waals surface area (Å²) in [6.45, 7) is 0.873. The molecule has 0 aliphatic carbocycles. The fraction of sp³-hybridized carbons (Fsp3) is 0.250. The fourth-order valence-corrected chi connectivity index (χ4v) is 3.16. The number of para-hydroxylation sites is 1. The van der Waals surface area contributed by atoms with Gasteiger partial charge in [-0.2, -0.15) is 0 Å². The second-order valence-electron chi connectivity index (χ2n) is 6.47. The normalized spacial score (nSPS) is 14.6. The summed E-state index contributed by atoms with van der Waals surface area (Å²) >= 11 is 0. The van der Waals surface area contributed by atoms with Crippen LogP contribution in [0.15, 0.2) is 48.5 Å². The van der Waals surface area contributed by atoms with Gasteiger partial charge in [0.05, 0.1) is 11.3 Å². The van der Waals surface area contributed by atoms with Gasteiger partial charge in [-0.15, -0.1) is 0 Å². The van der Waals surface area contributed by atoms with Gasteiger partial charge in [0.1, 0.15) is 5.82 Å². The van der Waals surface area contributed by atoms with Crippen LogP contribution in [0.4, 0.5) is 10.1 Å². The molecule has 1 saturated heterocycles. The predicted molar refractivity (Wildman–Crippen MR) is 98.6 cm³/mol. The molecular weight excluding hydrogens is 349 g/mol. The molecule has 1 aliphatic heterocycles. The van der Waals surface area contributed by atoms with Crippen LogP contribution in [0.25, 0.3) is 0 Å². The number of halogens is 1. The number of primary amides is 1. The molecule has 0 radical (unpaired) electrons. The Kier molecular flexibility index (Phi) is 5.49. The maximum atomic E-state index is 13.0. The maximum absolute atomic E-state index is 13.0. The highest BCUT2D eigenvalue weighted by Crippen LogP contribution is 2.22. The van der Waals surface area contributed by atoms with E-state index in [4.69, 9.17) is 5.73 Å². The molecule has 0 unspecified atom stereocenters. The Morgan fingerprint density at radius 2 is 1.63 bits per heavy atom. The van der Waals surface area contributed by atoms with Gasteiger partial charge in [-0.1, -0.05) is 12.1 Å². The zero-order valence-corrected chi connectivity index (χ0v) is 14.7. The quantitative estimate of drug-likeness (QED) is 0.867. The summed E-state index contributed by atoms with van der Waals surface area (Å²) in [6.07, 6.45) is 1.02. The molecule has 0 aromatic heterocycles. The first-order valence-corrected chi connectivity index (χ1v) is 8.70. The second-order valence-corrected chi connectivity index (χ2v) is 6.47. The molecule has 2 aromatic rings. The fourth-order valence-electron chi connectivity index (χ4n) is 3.16. The first-order chi connectivity index (χ1) is 13.0. The van der Waals surface area contributed by atoms with Crippen LogP contribution in [0.5, 0.6) is 0 Å². The lowest BCUT2D eigenvalue weighted by atomic mass is 9.95. The van der Waals surface area contributed by atoms with E-state index < -0.39 is 11.7 Å². The monoisotopic (exact) mass is 369 g/mol. The number of benzene rings is 2. The lowest BCUT2D eigenvalue weighted by Gasteiger charge is -2.31. The summed E-state index contributed by atoms with van der Waals surface area (Å²) in [5, 5.41) is 2.76. The van der Waals surface area contributed by atoms with Crippen molar-refractivity contribution in [2.75, 3.05) is 18.4 Å². The van der Waals surface area contributed by atoms with E-state index in [0.717, 1.165) is 0 Å². The number of nitrogens with zero attached hydrogens (tertiary/aromatic N) is 1. The van der Waals surface area contributed by atoms with Gasteiger partial charge in [0, 0.05) is 24.6 Å². The third-order valence-electron chi connectivity index (χ3n) is 4.69. The van der Waals surface area contributed by atoms with Crippen LogP contribution >= 0.6 is 0 Å². The number of carbonyl (C=O) groups excluding carboxylic acids is 3. The minimum Gasteiger partial charge on any atom is -0.366 e. The van der Waals surface area contributed by atoms with Gasteiger partial charge in [-0.25, -0.2) is 4.39 Å². The lowest BCUT2D eigenvalue weighted by molar-refractivity contribution is -0.121. The Bertz CT molecular complexity index is 859. The lowest BCUT2D eigenvalue weighted by Crippen LogP contribution is -2.41. The van der Waals surface area contributed by atoms with Crippen LogP contribution in [-0.2, 0) is 4.79 Å². The van der Waals surface area contributed by atoms with E-state index in [2.05, 4.69) is 5.32 Å². The first-order valence-electron chi connectivity index (χ1n) is 8.70. The van der Waals surface area contributed by atoms with Crippen LogP contribution in [0.1, 0.15) is 33.6 Å². The minimum absolute atomic E-state index is 0.173. The number of likely N-dealkylation sites (tertiary alicyclic amines) is 1. The van der Waals surface area contributed by atoms with Crippen molar-refractivity contribution in [3.63, 3.8) is 0 Å². The standard InChI is InChI=1S/C20H20FN3O3/c21-15-7-5-14(6-8-15)20(27)24-11-9-13(10-12-24)19(26)23-17-4-2-1-3-16(17)18(22)25/h1-8,13H,9-12H2,(H2,22,25)(H,23,26). The molecule has 140 valence electrons. The van der Waals surface area contributed by atoms with Crippen LogP contribution in [0, 0.1) is 11.7 Å². The highest BCUT2D eigenvalue weighted by atomic mass is 19.1. The SMILES string of the molecule is NC(=O)c1ccccc1NC(=O)C1CCN(C(=O)c2ccc(F)cc2)CC1. The second kappa shape index (κ2) is 7.99. The van der Waals surface area contributed by atoms with Crippen molar-refractivity contribution < 1.29 is 18.8 Å². The van der Waals surface area contributed by atoms with Gasteiger partial charge in [0.2, 0.25) is 5.91 Å². The van der Waals surface area contributed by atoms with Crippen molar-refractivity contribution >= 4 is 23.4 Å². The van der Waals surface area contributed by atoms with E-state index in [1.807, 2.05) is 0 Å². The molecule has 0 saturated carbocycles. The maximum Gasteiger partial charge on any atom is 0.253 e. The molecule has 6 nitrogen and oxygen atoms in total. The number of nitrogens with two attached hydrogens (primary N) is 1. The summed E-state index contributed by atoms with van der Waals surface area (Å²) in [5.41, 5.74) is 6.40. The number of amides is 3. The third-order valence-corrected chi connectivity index (χ3v) is 4.69. The summed E-state index contributed by atoms with van der Waals surface area (Å²) in [6, 6.07) is 12.0. The predicted octanol–water partition coefficient (Wildman–Crippen LogP) is 2.42. The van der Waals surface area contributed by atoms with Gasteiger partial charge in [-0.05, 0) is 49.2 Å². The van der Waals surface area contributed by atoms with Crippen LogP contribution < -0.4 is 11.1 Å². The van der Waals surface area contributed by atoms with Crippen LogP contribution in [0.3, 0.4) is 0 Å². The summed E-state index contributed by atoms with van der Waals surface area (Å²) in [4.78, 5) is 38.1. The van der Waals surface area contributed by atoms with E-state index in [1.165, 1.54) is 24.3 Å². The molecule has 3 rings (SSSR count). The summed E-state index contributed by atoms with van der Waals surface area (Å²) in [5.74, 6) is -1.63. The van der Waals surface area contributed by atoms with Crippen molar-refractivity contribution in [2.24, 2.45) is 11.7 Å². The topological polar surface area (TPSA) is 92.5 Å². The molecule has 1 aliphatic rings. The molecule has 0 atom stereocenters. The largest absolute Gasteiger partial charge is 0.366 e. The number of piperidine rings is 1. The highest BCUT2D eigenvalue weighted by Gasteiger charge is 2.28. The molecule has 0 bridgehead atoms. The average Bonchev–Trinajstić information content (AvgIpc) is 2.68. The number of hydrogen-bond acceptors (Lipinski definition) is 3. The van der Waals surface area contributed by atoms with Crippen LogP contribution in [-0.4, -0.2) is 35.7 Å². The Morgan fingerprint density at radius 1 is 1.00 bits per heavy atom. The van der Waals surface area contributed by atoms with Crippen molar-refractivity contribution in [2.45, 2.75) is 12.8 Å². The molecule has 3 N–H and O–H groups in total. The molecule has 2 aromatic carbocycles. The van der Waals surface area contributed by atoms with E-state index in [1.54, 1.807) is 29.2 Å². The summed E-state index contributed by atoms with van der Waals surface area (Å²) in [7, 11) is 0. The zero-order chi connectivity index (χ0) is 19.4. The Balaban J connectivity index is 1.59.